The Balaban J connectivity index is 1.43. The quantitative estimate of drug-likeness (QED) is 0.252. The molecular weight excluding hydrogens is 533 g/mol. The molecule has 39 heavy (non-hydrogen) atoms. The van der Waals surface area contributed by atoms with Crippen molar-refractivity contribution in [1.82, 2.24) is 9.88 Å². The topological polar surface area (TPSA) is 95.2 Å². The minimum absolute atomic E-state index is 0.250. The molecule has 0 radical (unpaired) electrons. The predicted molar refractivity (Wildman–Crippen MR) is 156 cm³/mol. The van der Waals surface area contributed by atoms with Crippen molar-refractivity contribution in [2.75, 3.05) is 0 Å². The van der Waals surface area contributed by atoms with Crippen LogP contribution in [0.5, 0.6) is 0 Å². The Kier molecular flexibility index (Phi) is 9.31. The van der Waals surface area contributed by atoms with Crippen LogP contribution in [0.3, 0.4) is 0 Å². The summed E-state index contributed by atoms with van der Waals surface area (Å²) in [5, 5.41) is 21.3. The first-order valence-corrected chi connectivity index (χ1v) is 13.9. The molecule has 1 fully saturated rings. The first-order valence-electron chi connectivity index (χ1n) is 13.1. The fourth-order valence-corrected chi connectivity index (χ4v) is 5.88. The second kappa shape index (κ2) is 12.7. The maximum atomic E-state index is 12.8. The molecule has 0 atom stereocenters. The number of hydrogen-bond acceptors (Lipinski definition) is 3. The van der Waals surface area contributed by atoms with Gasteiger partial charge in [-0.05, 0) is 103 Å². The van der Waals surface area contributed by atoms with E-state index in [1.165, 1.54) is 5.56 Å². The lowest BCUT2D eigenvalue weighted by Gasteiger charge is -2.28. The second-order valence-electron chi connectivity index (χ2n) is 10.3. The van der Waals surface area contributed by atoms with Crippen LogP contribution in [-0.4, -0.2) is 21.6 Å². The number of aliphatic carboxylic acids is 1. The Labute approximate surface area is 238 Å². The van der Waals surface area contributed by atoms with Gasteiger partial charge in [0.15, 0.2) is 0 Å². The smallest absolute Gasteiger partial charge is 0.303 e. The van der Waals surface area contributed by atoms with Crippen molar-refractivity contribution >= 4 is 41.3 Å². The molecule has 0 spiro atoms. The van der Waals surface area contributed by atoms with Gasteiger partial charge in [0.1, 0.15) is 5.49 Å². The van der Waals surface area contributed by atoms with Gasteiger partial charge in [0.25, 0.3) is 0 Å². The van der Waals surface area contributed by atoms with Gasteiger partial charge in [0, 0.05) is 41.0 Å². The Morgan fingerprint density at radius 3 is 2.36 bits per heavy atom. The maximum absolute atomic E-state index is 12.8. The number of halogens is 2. The predicted octanol–water partition coefficient (Wildman–Crippen LogP) is 7.18. The molecule has 0 unspecified atom stereocenters. The van der Waals surface area contributed by atoms with Gasteiger partial charge in [-0.15, -0.1) is 0 Å². The fourth-order valence-electron chi connectivity index (χ4n) is 5.22. The molecule has 204 valence electrons. The zero-order chi connectivity index (χ0) is 28.1. The van der Waals surface area contributed by atoms with Gasteiger partial charge in [-0.1, -0.05) is 47.5 Å². The van der Waals surface area contributed by atoms with Crippen LogP contribution in [0, 0.1) is 18.3 Å². The van der Waals surface area contributed by atoms with Crippen molar-refractivity contribution in [3.8, 4) is 11.1 Å². The highest BCUT2D eigenvalue weighted by molar-refractivity contribution is 6.35. The molecule has 0 saturated heterocycles. The van der Waals surface area contributed by atoms with Crippen molar-refractivity contribution in [3.63, 3.8) is 0 Å². The SMILES string of the molecule is C/C(=C\n1cc(-c2ccc(C3CCC(CC(=O)O)CC3)cc2)ccc1=N)C(=O)NCc1c(C)cc(Cl)cc1Cl. The largest absolute Gasteiger partial charge is 0.481 e. The van der Waals surface area contributed by atoms with Crippen LogP contribution in [0.2, 0.25) is 10.0 Å². The van der Waals surface area contributed by atoms with E-state index in [-0.39, 0.29) is 30.3 Å². The summed E-state index contributed by atoms with van der Waals surface area (Å²) in [7, 11) is 0. The van der Waals surface area contributed by atoms with Gasteiger partial charge in [-0.25, -0.2) is 0 Å². The second-order valence-corrected chi connectivity index (χ2v) is 11.2. The molecule has 1 aliphatic carbocycles. The minimum Gasteiger partial charge on any atom is -0.481 e. The molecule has 2 aromatic carbocycles. The van der Waals surface area contributed by atoms with Gasteiger partial charge >= 0.3 is 5.97 Å². The van der Waals surface area contributed by atoms with E-state index in [9.17, 15) is 9.59 Å². The first-order chi connectivity index (χ1) is 18.6. The third-order valence-electron chi connectivity index (χ3n) is 7.50. The van der Waals surface area contributed by atoms with E-state index in [4.69, 9.17) is 33.7 Å². The molecule has 1 aromatic heterocycles. The number of amides is 1. The van der Waals surface area contributed by atoms with E-state index in [1.54, 1.807) is 29.8 Å². The highest BCUT2D eigenvalue weighted by atomic mass is 35.5. The summed E-state index contributed by atoms with van der Waals surface area (Å²) in [5.74, 6) is -0.211. The van der Waals surface area contributed by atoms with Crippen LogP contribution in [0.1, 0.15) is 61.6 Å². The zero-order valence-electron chi connectivity index (χ0n) is 22.1. The highest BCUT2D eigenvalue weighted by Crippen LogP contribution is 2.37. The van der Waals surface area contributed by atoms with Crippen molar-refractivity contribution < 1.29 is 14.7 Å². The van der Waals surface area contributed by atoms with E-state index in [0.717, 1.165) is 47.9 Å². The average molecular weight is 567 g/mol. The molecule has 3 aromatic rings. The van der Waals surface area contributed by atoms with Gasteiger partial charge in [-0.3, -0.25) is 15.0 Å². The summed E-state index contributed by atoms with van der Waals surface area (Å²) in [6, 6.07) is 15.6. The average Bonchev–Trinajstić information content (AvgIpc) is 2.89. The summed E-state index contributed by atoms with van der Waals surface area (Å²) in [6.45, 7) is 3.89. The minimum atomic E-state index is -0.706. The van der Waals surface area contributed by atoms with Crippen molar-refractivity contribution in [2.24, 2.45) is 5.92 Å². The molecule has 8 heteroatoms. The molecule has 1 aliphatic rings. The Bertz CT molecular complexity index is 1430. The maximum Gasteiger partial charge on any atom is 0.303 e. The normalized spacial score (nSPS) is 17.6. The third kappa shape index (κ3) is 7.40. The van der Waals surface area contributed by atoms with Crippen LogP contribution in [0.25, 0.3) is 17.3 Å². The van der Waals surface area contributed by atoms with E-state index in [2.05, 4.69) is 29.6 Å². The van der Waals surface area contributed by atoms with Crippen molar-refractivity contribution in [2.45, 2.75) is 58.4 Å². The number of hydrogen-bond donors (Lipinski definition) is 3. The number of carbonyl (C=O) groups is 2. The molecular formula is C31H33Cl2N3O3. The molecule has 0 bridgehead atoms. The van der Waals surface area contributed by atoms with E-state index in [0.29, 0.717) is 21.5 Å². The van der Waals surface area contributed by atoms with Gasteiger partial charge in [0.05, 0.1) is 0 Å². The summed E-state index contributed by atoms with van der Waals surface area (Å²) >= 11 is 12.3. The van der Waals surface area contributed by atoms with Crippen molar-refractivity contribution in [3.05, 3.63) is 92.5 Å². The molecule has 1 saturated carbocycles. The van der Waals surface area contributed by atoms with Crippen molar-refractivity contribution in [1.29, 1.82) is 5.41 Å². The van der Waals surface area contributed by atoms with Gasteiger partial charge in [-0.2, -0.15) is 0 Å². The lowest BCUT2D eigenvalue weighted by Crippen LogP contribution is -2.25. The Hall–Kier alpha value is -3.35. The standard InChI is InChI=1S/C31H33Cl2N3O3/c1-19-13-26(32)15-28(33)27(19)16-35-31(39)20(2)17-36-18-25(11-12-29(36)34)24-9-7-23(8-10-24)22-5-3-21(4-6-22)14-30(37)38/h7-13,15,17-18,21-22,34H,3-6,14,16H2,1-2H3,(H,35,39)(H,37,38)/b20-17+,34-29?. The lowest BCUT2D eigenvalue weighted by molar-refractivity contribution is -0.138. The van der Waals surface area contributed by atoms with Crippen LogP contribution < -0.4 is 10.8 Å². The van der Waals surface area contributed by atoms with E-state index >= 15 is 0 Å². The summed E-state index contributed by atoms with van der Waals surface area (Å²) in [6.07, 6.45) is 7.71. The van der Waals surface area contributed by atoms with E-state index < -0.39 is 5.97 Å². The number of carboxylic acid groups (broad SMARTS) is 1. The molecule has 4 rings (SSSR count). The van der Waals surface area contributed by atoms with Gasteiger partial charge in [0.2, 0.25) is 5.91 Å². The number of aromatic nitrogens is 1. The number of carboxylic acids is 1. The Morgan fingerprint density at radius 2 is 1.72 bits per heavy atom. The number of rotatable bonds is 8. The van der Waals surface area contributed by atoms with Crippen LogP contribution >= 0.6 is 23.2 Å². The molecule has 0 aliphatic heterocycles. The summed E-state index contributed by atoms with van der Waals surface area (Å²) < 4.78 is 1.64. The molecule has 6 nitrogen and oxygen atoms in total. The van der Waals surface area contributed by atoms with Crippen LogP contribution in [0.15, 0.2) is 60.3 Å². The molecule has 1 amide bonds. The number of carbonyl (C=O) groups excluding carboxylic acids is 1. The third-order valence-corrected chi connectivity index (χ3v) is 8.06. The number of nitrogens with one attached hydrogen (secondary N) is 2. The van der Waals surface area contributed by atoms with Gasteiger partial charge < -0.3 is 15.0 Å². The summed E-state index contributed by atoms with van der Waals surface area (Å²) in [5.41, 5.74) is 5.68. The number of benzene rings is 2. The monoisotopic (exact) mass is 565 g/mol. The first kappa shape index (κ1) is 28.7. The van der Waals surface area contributed by atoms with Crippen LogP contribution in [-0.2, 0) is 16.1 Å². The number of aryl methyl sites for hydroxylation is 1. The lowest BCUT2D eigenvalue weighted by atomic mass is 9.77. The molecule has 3 N–H and O–H groups in total. The summed E-state index contributed by atoms with van der Waals surface area (Å²) in [4.78, 5) is 23.8. The number of nitrogens with zero attached hydrogens (tertiary/aromatic N) is 1. The van der Waals surface area contributed by atoms with Crippen LogP contribution in [0.4, 0.5) is 0 Å². The fraction of sp³-hybridized carbons (Fsp3) is 0.323. The Morgan fingerprint density at radius 1 is 1.05 bits per heavy atom. The highest BCUT2D eigenvalue weighted by Gasteiger charge is 2.24. The molecule has 1 heterocycles. The number of pyridine rings is 1. The zero-order valence-corrected chi connectivity index (χ0v) is 23.6. The van der Waals surface area contributed by atoms with E-state index in [1.807, 2.05) is 25.3 Å².